The van der Waals surface area contributed by atoms with Crippen LogP contribution in [-0.4, -0.2) is 0 Å². The summed E-state index contributed by atoms with van der Waals surface area (Å²) in [5.41, 5.74) is 6.17. The normalized spacial score (nSPS) is 15.9. The molecule has 1 rings (SSSR count). The third-order valence-corrected chi connectivity index (χ3v) is 3.08. The third kappa shape index (κ3) is 18.8. The Morgan fingerprint density at radius 3 is 1.85 bits per heavy atom. The molecule has 0 heterocycles. The molecule has 0 aromatic rings. The molecule has 0 heteroatoms. The summed E-state index contributed by atoms with van der Waals surface area (Å²) >= 11 is 0. The van der Waals surface area contributed by atoms with E-state index in [4.69, 9.17) is 0 Å². The van der Waals surface area contributed by atoms with Gasteiger partial charge in [-0.15, -0.1) is 0 Å². The van der Waals surface area contributed by atoms with Crippen LogP contribution in [0.5, 0.6) is 0 Å². The highest BCUT2D eigenvalue weighted by Gasteiger charge is 2.14. The zero-order chi connectivity index (χ0) is 22.3. The van der Waals surface area contributed by atoms with Crippen molar-refractivity contribution >= 4 is 0 Å². The predicted molar refractivity (Wildman–Crippen MR) is 132 cm³/mol. The molecule has 0 unspecified atom stereocenters. The topological polar surface area (TPSA) is 0 Å². The van der Waals surface area contributed by atoms with Gasteiger partial charge in [0.05, 0.1) is 0 Å². The minimum Gasteiger partial charge on any atom is -0.0990 e. The van der Waals surface area contributed by atoms with Crippen LogP contribution in [0.3, 0.4) is 0 Å². The van der Waals surface area contributed by atoms with Crippen LogP contribution >= 0.6 is 0 Å². The fourth-order valence-electron chi connectivity index (χ4n) is 2.17. The van der Waals surface area contributed by atoms with Gasteiger partial charge in [0.2, 0.25) is 0 Å². The molecule has 1 saturated carbocycles. The summed E-state index contributed by atoms with van der Waals surface area (Å²) in [7, 11) is 0. The first kappa shape index (κ1) is 32.8. The van der Waals surface area contributed by atoms with Crippen LogP contribution in [0.1, 0.15) is 88.5 Å². The first-order chi connectivity index (χ1) is 13.0. The summed E-state index contributed by atoms with van der Waals surface area (Å²) < 4.78 is 0. The highest BCUT2D eigenvalue weighted by molar-refractivity contribution is 5.51. The fourth-order valence-corrected chi connectivity index (χ4v) is 2.17. The molecule has 0 N–H and O–H groups in total. The SMILES string of the molecule is C=C\C=C1/C(=C)CCC/C1=C\C(C)=C/C=C/C(=C)C.CC.CC.CC.CC. The van der Waals surface area contributed by atoms with E-state index in [9.17, 15) is 0 Å². The van der Waals surface area contributed by atoms with Crippen molar-refractivity contribution in [2.24, 2.45) is 0 Å². The van der Waals surface area contributed by atoms with Crippen molar-refractivity contribution < 1.29 is 0 Å². The van der Waals surface area contributed by atoms with Gasteiger partial charge in [-0.2, -0.15) is 0 Å². The van der Waals surface area contributed by atoms with Gasteiger partial charge in [-0.25, -0.2) is 0 Å². The molecule has 0 atom stereocenters. The lowest BCUT2D eigenvalue weighted by Gasteiger charge is -2.20. The molecule has 0 aliphatic heterocycles. The van der Waals surface area contributed by atoms with Crippen LogP contribution in [0.25, 0.3) is 0 Å². The van der Waals surface area contributed by atoms with Gasteiger partial charge in [-0.1, -0.05) is 123 Å². The molecule has 156 valence electrons. The Morgan fingerprint density at radius 1 is 0.889 bits per heavy atom. The summed E-state index contributed by atoms with van der Waals surface area (Å²) in [6.45, 7) is 31.9. The Kier molecular flexibility index (Phi) is 32.1. The van der Waals surface area contributed by atoms with Gasteiger partial charge in [0.25, 0.3) is 0 Å². The molecule has 0 aromatic carbocycles. The van der Waals surface area contributed by atoms with E-state index in [1.54, 1.807) is 0 Å². The average molecular weight is 373 g/mol. The van der Waals surface area contributed by atoms with Crippen molar-refractivity contribution in [3.8, 4) is 0 Å². The molecule has 1 fully saturated rings. The van der Waals surface area contributed by atoms with E-state index in [0.717, 1.165) is 18.4 Å². The average Bonchev–Trinajstić information content (AvgIpc) is 2.70. The van der Waals surface area contributed by atoms with Crippen molar-refractivity contribution in [3.05, 3.63) is 84.1 Å². The maximum absolute atomic E-state index is 4.16. The molecule has 1 aliphatic carbocycles. The van der Waals surface area contributed by atoms with Crippen LogP contribution in [0.4, 0.5) is 0 Å². The Labute approximate surface area is 172 Å². The Hall–Kier alpha value is -1.82. The van der Waals surface area contributed by atoms with E-state index in [1.165, 1.54) is 28.7 Å². The number of hydrogen-bond acceptors (Lipinski definition) is 0. The minimum absolute atomic E-state index is 1.06. The van der Waals surface area contributed by atoms with Crippen molar-refractivity contribution in [1.82, 2.24) is 0 Å². The lowest BCUT2D eigenvalue weighted by Crippen LogP contribution is -2.01. The zero-order valence-electron chi connectivity index (χ0n) is 20.2. The predicted octanol–water partition coefficient (Wildman–Crippen LogP) is 9.95. The molecule has 27 heavy (non-hydrogen) atoms. The van der Waals surface area contributed by atoms with Gasteiger partial charge in [-0.05, 0) is 49.8 Å². The van der Waals surface area contributed by atoms with Crippen LogP contribution in [0, 0.1) is 0 Å². The Balaban J connectivity index is -0.000000292. The molecule has 0 bridgehead atoms. The largest absolute Gasteiger partial charge is 0.0990 e. The number of rotatable bonds is 4. The van der Waals surface area contributed by atoms with Crippen LogP contribution in [0.2, 0.25) is 0 Å². The van der Waals surface area contributed by atoms with E-state index < -0.39 is 0 Å². The zero-order valence-corrected chi connectivity index (χ0v) is 20.2. The smallest absolute Gasteiger partial charge is 0.0198 e. The molecule has 0 radical (unpaired) electrons. The number of hydrogen-bond donors (Lipinski definition) is 0. The summed E-state index contributed by atoms with van der Waals surface area (Å²) in [5.74, 6) is 0. The summed E-state index contributed by atoms with van der Waals surface area (Å²) in [4.78, 5) is 0. The summed E-state index contributed by atoms with van der Waals surface area (Å²) in [6.07, 6.45) is 15.8. The highest BCUT2D eigenvalue weighted by atomic mass is 14.2. The molecule has 0 aromatic heterocycles. The fraction of sp³-hybridized carbons (Fsp3) is 0.481. The van der Waals surface area contributed by atoms with E-state index in [2.05, 4.69) is 44.9 Å². The van der Waals surface area contributed by atoms with Crippen molar-refractivity contribution in [1.29, 1.82) is 0 Å². The first-order valence-electron chi connectivity index (χ1n) is 10.8. The molecule has 0 nitrogen and oxygen atoms in total. The highest BCUT2D eigenvalue weighted by Crippen LogP contribution is 2.33. The maximum Gasteiger partial charge on any atom is -0.0198 e. The van der Waals surface area contributed by atoms with Gasteiger partial charge >= 0.3 is 0 Å². The molecule has 1 aliphatic rings. The second kappa shape index (κ2) is 26.4. The summed E-state index contributed by atoms with van der Waals surface area (Å²) in [6, 6.07) is 0. The lowest BCUT2D eigenvalue weighted by molar-refractivity contribution is 0.774. The van der Waals surface area contributed by atoms with Crippen LogP contribution in [0.15, 0.2) is 84.1 Å². The quantitative estimate of drug-likeness (QED) is 0.430. The molecule has 0 spiro atoms. The second-order valence-corrected chi connectivity index (χ2v) is 5.06. The maximum atomic E-state index is 4.16. The van der Waals surface area contributed by atoms with Gasteiger partial charge < -0.3 is 0 Å². The number of allylic oxidation sites excluding steroid dienone is 11. The van der Waals surface area contributed by atoms with Gasteiger partial charge in [0.1, 0.15) is 0 Å². The van der Waals surface area contributed by atoms with Crippen LogP contribution < -0.4 is 0 Å². The molecular weight excluding hydrogens is 324 g/mol. The van der Waals surface area contributed by atoms with E-state index in [0.29, 0.717) is 0 Å². The van der Waals surface area contributed by atoms with E-state index in [-0.39, 0.29) is 0 Å². The standard InChI is InChI=1S/C19H24.4C2H6/c1-6-9-19-17(5)12-8-13-18(19)14-16(4)11-7-10-15(2)3;4*1-2/h6-7,9-11,14H,1-2,5,8,12-13H2,3-4H3;4*1-2H3/b10-7+,16-11-,18-14+,19-9+;;;;. The van der Waals surface area contributed by atoms with E-state index in [1.807, 2.05) is 80.5 Å². The second-order valence-electron chi connectivity index (χ2n) is 5.06. The van der Waals surface area contributed by atoms with Gasteiger partial charge in [0.15, 0.2) is 0 Å². The van der Waals surface area contributed by atoms with Crippen molar-refractivity contribution in [3.63, 3.8) is 0 Å². The molecule has 0 saturated heterocycles. The first-order valence-corrected chi connectivity index (χ1v) is 10.8. The third-order valence-electron chi connectivity index (χ3n) is 3.08. The molecule has 0 amide bonds. The van der Waals surface area contributed by atoms with Crippen LogP contribution in [-0.2, 0) is 0 Å². The molecular formula is C27H48. The van der Waals surface area contributed by atoms with Gasteiger partial charge in [0, 0.05) is 0 Å². The monoisotopic (exact) mass is 372 g/mol. The van der Waals surface area contributed by atoms with Crippen molar-refractivity contribution in [2.75, 3.05) is 0 Å². The van der Waals surface area contributed by atoms with Crippen molar-refractivity contribution in [2.45, 2.75) is 88.5 Å². The minimum atomic E-state index is 1.06. The van der Waals surface area contributed by atoms with Gasteiger partial charge in [-0.3, -0.25) is 0 Å². The van der Waals surface area contributed by atoms with E-state index >= 15 is 0 Å². The lowest BCUT2D eigenvalue weighted by atomic mass is 9.85. The Bertz CT molecular complexity index is 490. The summed E-state index contributed by atoms with van der Waals surface area (Å²) in [5, 5.41) is 0. The Morgan fingerprint density at radius 2 is 1.41 bits per heavy atom.